The monoisotopic (exact) mass is 448 g/mol. The van der Waals surface area contributed by atoms with E-state index in [4.69, 9.17) is 11.6 Å². The highest BCUT2D eigenvalue weighted by Crippen LogP contribution is 2.28. The molecule has 0 bridgehead atoms. The first-order valence-corrected chi connectivity index (χ1v) is 11.9. The summed E-state index contributed by atoms with van der Waals surface area (Å²) >= 11 is 6.30. The molecule has 0 spiro atoms. The topological polar surface area (TPSA) is 46.4 Å². The van der Waals surface area contributed by atoms with Crippen LogP contribution >= 0.6 is 11.6 Å². The molecule has 2 rings (SSSR count). The molecule has 0 aliphatic rings. The molecule has 0 saturated heterocycles. The molecule has 174 valence electrons. The van der Waals surface area contributed by atoms with Crippen LogP contribution in [0.15, 0.2) is 42.5 Å². The van der Waals surface area contributed by atoms with Crippen LogP contribution in [-0.4, -0.2) is 16.4 Å². The van der Waals surface area contributed by atoms with E-state index in [2.05, 4.69) is 63.8 Å². The average molecular weight is 449 g/mol. The molecule has 0 aliphatic heterocycles. The van der Waals surface area contributed by atoms with E-state index in [9.17, 15) is 10.1 Å². The van der Waals surface area contributed by atoms with E-state index >= 15 is 0 Å². The van der Waals surface area contributed by atoms with Gasteiger partial charge in [0.05, 0.1) is 15.5 Å². The molecule has 0 aliphatic carbocycles. The molecule has 5 heteroatoms. The summed E-state index contributed by atoms with van der Waals surface area (Å²) in [6.45, 7) is 16.9. The first kappa shape index (κ1) is 29.1. The Balaban J connectivity index is 0.00000165. The number of nitro benzene ring substituents is 1. The molecule has 0 fully saturated rings. The van der Waals surface area contributed by atoms with Gasteiger partial charge in [-0.2, -0.15) is 0 Å². The molecule has 0 heterocycles. The molecule has 0 aromatic heterocycles. The third kappa shape index (κ3) is 11.3. The van der Waals surface area contributed by atoms with E-state index in [1.807, 2.05) is 13.8 Å². The Morgan fingerprint density at radius 3 is 2.13 bits per heavy atom. The van der Waals surface area contributed by atoms with Crippen LogP contribution in [0.25, 0.3) is 0 Å². The van der Waals surface area contributed by atoms with Crippen molar-refractivity contribution in [3.63, 3.8) is 0 Å². The zero-order chi connectivity index (χ0) is 23.8. The van der Waals surface area contributed by atoms with Crippen LogP contribution in [0.2, 0.25) is 5.02 Å². The minimum absolute atomic E-state index is 0.0920. The van der Waals surface area contributed by atoms with E-state index < -0.39 is 0 Å². The van der Waals surface area contributed by atoms with Crippen molar-refractivity contribution in [1.29, 1.82) is 0 Å². The second kappa shape index (κ2) is 16.7. The summed E-state index contributed by atoms with van der Waals surface area (Å²) in [7, 11) is 0. The maximum atomic E-state index is 11.4. The number of hydrogen-bond donors (Lipinski definition) is 0. The van der Waals surface area contributed by atoms with Crippen molar-refractivity contribution in [3.05, 3.63) is 74.3 Å². The first-order chi connectivity index (χ1) is 14.8. The summed E-state index contributed by atoms with van der Waals surface area (Å²) in [6, 6.07) is 13.4. The fourth-order valence-corrected chi connectivity index (χ4v) is 3.19. The molecule has 0 amide bonds. The summed E-state index contributed by atoms with van der Waals surface area (Å²) in [6.07, 6.45) is 3.28. The quantitative estimate of drug-likeness (QED) is 0.286. The molecule has 31 heavy (non-hydrogen) atoms. The van der Waals surface area contributed by atoms with Crippen LogP contribution in [0, 0.1) is 16.0 Å². The normalized spacial score (nSPS) is 10.3. The lowest BCUT2D eigenvalue weighted by molar-refractivity contribution is -0.385. The largest absolute Gasteiger partial charge is 0.295 e. The van der Waals surface area contributed by atoms with Gasteiger partial charge in [-0.05, 0) is 42.5 Å². The number of hydrogen-bond acceptors (Lipinski definition) is 3. The summed E-state index contributed by atoms with van der Waals surface area (Å²) in [5, 5.41) is 11.8. The third-order valence-electron chi connectivity index (χ3n) is 4.50. The lowest BCUT2D eigenvalue weighted by Crippen LogP contribution is -2.25. The van der Waals surface area contributed by atoms with Crippen LogP contribution in [0.3, 0.4) is 0 Å². The number of halogens is 1. The number of benzene rings is 2. The number of nitro groups is 1. The van der Waals surface area contributed by atoms with Crippen LogP contribution < -0.4 is 0 Å². The Morgan fingerprint density at radius 2 is 1.58 bits per heavy atom. The Bertz CT molecular complexity index is 763. The fraction of sp³-hybridized carbons (Fsp3) is 0.538. The molecule has 0 saturated carbocycles. The van der Waals surface area contributed by atoms with Crippen molar-refractivity contribution in [1.82, 2.24) is 4.90 Å². The predicted molar refractivity (Wildman–Crippen MR) is 135 cm³/mol. The van der Waals surface area contributed by atoms with Crippen molar-refractivity contribution in [2.45, 2.75) is 80.8 Å². The van der Waals surface area contributed by atoms with Gasteiger partial charge in [0.1, 0.15) is 0 Å². The number of nitrogens with zero attached hydrogens (tertiary/aromatic N) is 2. The molecule has 0 radical (unpaired) electrons. The SMILES string of the molecule is CC.CCC.CCc1cccc(CN(CCC(C)C)Cc2c(Cl)cccc2[N+](=O)[O-])c1. The van der Waals surface area contributed by atoms with Gasteiger partial charge in [-0.1, -0.05) is 96.8 Å². The van der Waals surface area contributed by atoms with Crippen molar-refractivity contribution in [3.8, 4) is 0 Å². The van der Waals surface area contributed by atoms with Gasteiger partial charge in [0.15, 0.2) is 0 Å². The van der Waals surface area contributed by atoms with Crippen molar-refractivity contribution in [2.24, 2.45) is 5.92 Å². The standard InChI is InChI=1S/C21H27ClN2O2.C3H8.C2H6/c1-4-17-7-5-8-18(13-17)14-23(12-11-16(2)3)15-19-20(22)9-6-10-21(19)24(25)26;1-3-2;1-2/h5-10,13,16H,4,11-12,14-15H2,1-3H3;3H2,1-2H3;1-2H3. The van der Waals surface area contributed by atoms with Crippen LogP contribution in [0.4, 0.5) is 5.69 Å². The zero-order valence-corrected chi connectivity index (χ0v) is 21.2. The van der Waals surface area contributed by atoms with Gasteiger partial charge in [-0.3, -0.25) is 15.0 Å². The summed E-state index contributed by atoms with van der Waals surface area (Å²) in [5.74, 6) is 0.570. The van der Waals surface area contributed by atoms with E-state index in [1.54, 1.807) is 12.1 Å². The van der Waals surface area contributed by atoms with Gasteiger partial charge in [0.2, 0.25) is 0 Å². The minimum atomic E-state index is -0.348. The predicted octanol–water partition coefficient (Wildman–Crippen LogP) is 8.30. The van der Waals surface area contributed by atoms with Gasteiger partial charge in [0.25, 0.3) is 5.69 Å². The number of aryl methyl sites for hydroxylation is 1. The zero-order valence-electron chi connectivity index (χ0n) is 20.5. The lowest BCUT2D eigenvalue weighted by Gasteiger charge is -2.24. The fourth-order valence-electron chi connectivity index (χ4n) is 2.96. The second-order valence-electron chi connectivity index (χ2n) is 7.77. The van der Waals surface area contributed by atoms with Crippen LogP contribution in [0.1, 0.15) is 78.0 Å². The molecule has 2 aromatic rings. The molecule has 2 aromatic carbocycles. The Hall–Kier alpha value is -1.91. The van der Waals surface area contributed by atoms with Gasteiger partial charge in [-0.15, -0.1) is 0 Å². The van der Waals surface area contributed by atoms with E-state index in [0.717, 1.165) is 25.9 Å². The van der Waals surface area contributed by atoms with Crippen LogP contribution in [-0.2, 0) is 19.5 Å². The summed E-state index contributed by atoms with van der Waals surface area (Å²) < 4.78 is 0. The number of rotatable bonds is 9. The third-order valence-corrected chi connectivity index (χ3v) is 4.86. The van der Waals surface area contributed by atoms with Gasteiger partial charge < -0.3 is 0 Å². The molecule has 0 N–H and O–H groups in total. The highest BCUT2D eigenvalue weighted by molar-refractivity contribution is 6.31. The minimum Gasteiger partial charge on any atom is -0.295 e. The molecule has 4 nitrogen and oxygen atoms in total. The van der Waals surface area contributed by atoms with Gasteiger partial charge in [-0.25, -0.2) is 0 Å². The maximum absolute atomic E-state index is 11.4. The highest BCUT2D eigenvalue weighted by atomic mass is 35.5. The maximum Gasteiger partial charge on any atom is 0.275 e. The lowest BCUT2D eigenvalue weighted by atomic mass is 10.1. The van der Waals surface area contributed by atoms with Crippen molar-refractivity contribution < 1.29 is 4.92 Å². The molecular formula is C26H41ClN2O2. The van der Waals surface area contributed by atoms with Crippen molar-refractivity contribution >= 4 is 17.3 Å². The van der Waals surface area contributed by atoms with Gasteiger partial charge in [0, 0.05) is 19.2 Å². The molecule has 0 unspecified atom stereocenters. The van der Waals surface area contributed by atoms with E-state index in [1.165, 1.54) is 23.6 Å². The molecule has 0 atom stereocenters. The Labute approximate surface area is 194 Å². The van der Waals surface area contributed by atoms with E-state index in [0.29, 0.717) is 23.0 Å². The summed E-state index contributed by atoms with van der Waals surface area (Å²) in [4.78, 5) is 13.3. The Kier molecular flexibility index (Phi) is 15.7. The highest BCUT2D eigenvalue weighted by Gasteiger charge is 2.20. The van der Waals surface area contributed by atoms with Crippen LogP contribution in [0.5, 0.6) is 0 Å². The second-order valence-corrected chi connectivity index (χ2v) is 8.18. The van der Waals surface area contributed by atoms with E-state index in [-0.39, 0.29) is 10.6 Å². The van der Waals surface area contributed by atoms with Crippen molar-refractivity contribution in [2.75, 3.05) is 6.54 Å². The smallest absolute Gasteiger partial charge is 0.275 e. The van der Waals surface area contributed by atoms with Gasteiger partial charge >= 0.3 is 0 Å². The Morgan fingerprint density at radius 1 is 1.00 bits per heavy atom. The first-order valence-electron chi connectivity index (χ1n) is 11.5. The molecular weight excluding hydrogens is 408 g/mol. The average Bonchev–Trinajstić information content (AvgIpc) is 2.75. The summed E-state index contributed by atoms with van der Waals surface area (Å²) in [5.41, 5.74) is 3.21.